The Hall–Kier alpha value is -2.08. The van der Waals surface area contributed by atoms with Gasteiger partial charge in [-0.3, -0.25) is 9.59 Å². The fraction of sp³-hybridized carbons (Fsp3) is 0.619. The molecule has 2 aliphatic rings. The first-order valence-electron chi connectivity index (χ1n) is 9.97. The van der Waals surface area contributed by atoms with Crippen molar-refractivity contribution in [3.8, 4) is 5.75 Å². The van der Waals surface area contributed by atoms with Crippen molar-refractivity contribution in [2.45, 2.75) is 45.6 Å². The molecule has 27 heavy (non-hydrogen) atoms. The second kappa shape index (κ2) is 9.22. The van der Waals surface area contributed by atoms with E-state index in [1.165, 1.54) is 0 Å². The monoisotopic (exact) mass is 374 g/mol. The summed E-state index contributed by atoms with van der Waals surface area (Å²) >= 11 is 0. The summed E-state index contributed by atoms with van der Waals surface area (Å²) < 4.78 is 11.4. The molecular weight excluding hydrogens is 344 g/mol. The largest absolute Gasteiger partial charge is 0.491 e. The number of nitrogens with one attached hydrogen (secondary N) is 1. The maximum absolute atomic E-state index is 12.6. The second-order valence-corrected chi connectivity index (χ2v) is 7.72. The van der Waals surface area contributed by atoms with Gasteiger partial charge in [0.25, 0.3) is 0 Å². The first kappa shape index (κ1) is 19.7. The minimum absolute atomic E-state index is 0.00718. The molecule has 2 heterocycles. The van der Waals surface area contributed by atoms with E-state index in [9.17, 15) is 9.59 Å². The van der Waals surface area contributed by atoms with Gasteiger partial charge in [0.1, 0.15) is 12.4 Å². The number of piperidine rings is 1. The summed E-state index contributed by atoms with van der Waals surface area (Å²) in [5, 5.41) is 2.99. The van der Waals surface area contributed by atoms with Crippen LogP contribution in [0.4, 0.5) is 5.69 Å². The van der Waals surface area contributed by atoms with Gasteiger partial charge in [-0.15, -0.1) is 0 Å². The van der Waals surface area contributed by atoms with Gasteiger partial charge < -0.3 is 19.7 Å². The van der Waals surface area contributed by atoms with E-state index in [2.05, 4.69) is 5.32 Å². The Morgan fingerprint density at radius 3 is 2.70 bits per heavy atom. The molecule has 0 aliphatic carbocycles. The van der Waals surface area contributed by atoms with Crippen LogP contribution in [0.2, 0.25) is 0 Å². The number of rotatable bonds is 6. The molecule has 0 radical (unpaired) electrons. The first-order valence-corrected chi connectivity index (χ1v) is 9.97. The summed E-state index contributed by atoms with van der Waals surface area (Å²) in [6.07, 6.45) is 3.71. The predicted octanol–water partition coefficient (Wildman–Crippen LogP) is 3.08. The van der Waals surface area contributed by atoms with Crippen LogP contribution in [0.25, 0.3) is 0 Å². The van der Waals surface area contributed by atoms with Gasteiger partial charge in [-0.25, -0.2) is 0 Å². The molecule has 0 saturated carbocycles. The molecule has 0 spiro atoms. The third-order valence-electron chi connectivity index (χ3n) is 5.23. The second-order valence-electron chi connectivity index (χ2n) is 7.72. The summed E-state index contributed by atoms with van der Waals surface area (Å²) in [6.45, 7) is 6.48. The fourth-order valence-corrected chi connectivity index (χ4v) is 3.60. The van der Waals surface area contributed by atoms with Crippen molar-refractivity contribution in [2.24, 2.45) is 11.8 Å². The summed E-state index contributed by atoms with van der Waals surface area (Å²) in [5.74, 6) is 0.874. The summed E-state index contributed by atoms with van der Waals surface area (Å²) in [5.41, 5.74) is 0.741. The van der Waals surface area contributed by atoms with Gasteiger partial charge in [-0.2, -0.15) is 0 Å². The minimum atomic E-state index is -0.0577. The third kappa shape index (κ3) is 5.45. The SMILES string of the molecule is CC(C)C(=O)N1CCC(C(=O)Nc2cccc(OC[C@H]3CCCO3)c2)CC1. The van der Waals surface area contributed by atoms with Gasteiger partial charge in [0, 0.05) is 43.3 Å². The summed E-state index contributed by atoms with van der Waals surface area (Å²) in [7, 11) is 0. The van der Waals surface area contributed by atoms with Crippen LogP contribution in [0.3, 0.4) is 0 Å². The molecule has 1 aromatic carbocycles. The Morgan fingerprint density at radius 1 is 1.26 bits per heavy atom. The van der Waals surface area contributed by atoms with Crippen LogP contribution < -0.4 is 10.1 Å². The maximum atomic E-state index is 12.6. The van der Waals surface area contributed by atoms with Gasteiger partial charge in [-0.05, 0) is 37.8 Å². The average molecular weight is 374 g/mol. The number of ether oxygens (including phenoxy) is 2. The smallest absolute Gasteiger partial charge is 0.227 e. The van der Waals surface area contributed by atoms with Crippen molar-refractivity contribution in [1.82, 2.24) is 4.90 Å². The molecule has 2 amide bonds. The van der Waals surface area contributed by atoms with Crippen LogP contribution in [0.15, 0.2) is 24.3 Å². The number of hydrogen-bond acceptors (Lipinski definition) is 4. The molecule has 3 rings (SSSR count). The third-order valence-corrected chi connectivity index (χ3v) is 5.23. The molecule has 2 saturated heterocycles. The van der Waals surface area contributed by atoms with Gasteiger partial charge in [0.05, 0.1) is 6.10 Å². The molecule has 148 valence electrons. The number of nitrogens with zero attached hydrogens (tertiary/aromatic N) is 1. The van der Waals surface area contributed by atoms with Gasteiger partial charge in [0.2, 0.25) is 11.8 Å². The lowest BCUT2D eigenvalue weighted by atomic mass is 9.95. The van der Waals surface area contributed by atoms with E-state index in [1.54, 1.807) is 0 Å². The maximum Gasteiger partial charge on any atom is 0.227 e. The lowest BCUT2D eigenvalue weighted by Crippen LogP contribution is -2.43. The standard InChI is InChI=1S/C21H30N2O4/c1-15(2)21(25)23-10-8-16(9-11-23)20(24)22-17-5-3-6-18(13-17)27-14-19-7-4-12-26-19/h3,5-6,13,15-16,19H,4,7-12,14H2,1-2H3,(H,22,24)/t19-/m1/s1. The highest BCUT2D eigenvalue weighted by molar-refractivity contribution is 5.93. The first-order chi connectivity index (χ1) is 13.0. The van der Waals surface area contributed by atoms with Crippen molar-refractivity contribution in [2.75, 3.05) is 31.6 Å². The molecule has 0 unspecified atom stereocenters. The molecule has 0 bridgehead atoms. The highest BCUT2D eigenvalue weighted by Gasteiger charge is 2.28. The van der Waals surface area contributed by atoms with Crippen molar-refractivity contribution >= 4 is 17.5 Å². The van der Waals surface area contributed by atoms with E-state index in [4.69, 9.17) is 9.47 Å². The lowest BCUT2D eigenvalue weighted by Gasteiger charge is -2.32. The normalized spacial score (nSPS) is 20.7. The van der Waals surface area contributed by atoms with Crippen LogP contribution in [0.1, 0.15) is 39.5 Å². The number of carbonyl (C=O) groups is 2. The molecule has 6 heteroatoms. The Kier molecular flexibility index (Phi) is 6.72. The zero-order valence-corrected chi connectivity index (χ0v) is 16.3. The van der Waals surface area contributed by atoms with Crippen LogP contribution in [-0.4, -0.2) is 49.1 Å². The molecule has 2 fully saturated rings. The molecule has 1 atom stereocenters. The Morgan fingerprint density at radius 2 is 2.04 bits per heavy atom. The molecule has 6 nitrogen and oxygen atoms in total. The van der Waals surface area contributed by atoms with Crippen LogP contribution in [-0.2, 0) is 14.3 Å². The van der Waals surface area contributed by atoms with Gasteiger partial charge in [0.15, 0.2) is 0 Å². The van der Waals surface area contributed by atoms with Crippen molar-refractivity contribution in [1.29, 1.82) is 0 Å². The number of carbonyl (C=O) groups excluding carboxylic acids is 2. The fourth-order valence-electron chi connectivity index (χ4n) is 3.60. The lowest BCUT2D eigenvalue weighted by molar-refractivity contribution is -0.137. The highest BCUT2D eigenvalue weighted by Crippen LogP contribution is 2.23. The number of hydrogen-bond donors (Lipinski definition) is 1. The quantitative estimate of drug-likeness (QED) is 0.831. The number of amides is 2. The van der Waals surface area contributed by atoms with E-state index < -0.39 is 0 Å². The van der Waals surface area contributed by atoms with E-state index >= 15 is 0 Å². The van der Waals surface area contributed by atoms with E-state index in [-0.39, 0.29) is 29.8 Å². The van der Waals surface area contributed by atoms with Crippen LogP contribution in [0, 0.1) is 11.8 Å². The number of likely N-dealkylation sites (tertiary alicyclic amines) is 1. The topological polar surface area (TPSA) is 67.9 Å². The van der Waals surface area contributed by atoms with Crippen molar-refractivity contribution < 1.29 is 19.1 Å². The minimum Gasteiger partial charge on any atom is -0.491 e. The Balaban J connectivity index is 1.48. The van der Waals surface area contributed by atoms with Crippen molar-refractivity contribution in [3.63, 3.8) is 0 Å². The predicted molar refractivity (Wildman–Crippen MR) is 104 cm³/mol. The molecule has 1 aromatic rings. The molecule has 2 aliphatic heterocycles. The Bertz CT molecular complexity index is 647. The van der Waals surface area contributed by atoms with Crippen LogP contribution >= 0.6 is 0 Å². The van der Waals surface area contributed by atoms with E-state index in [1.807, 2.05) is 43.0 Å². The van der Waals surface area contributed by atoms with Crippen molar-refractivity contribution in [3.05, 3.63) is 24.3 Å². The zero-order valence-electron chi connectivity index (χ0n) is 16.3. The summed E-state index contributed by atoms with van der Waals surface area (Å²) in [4.78, 5) is 26.5. The van der Waals surface area contributed by atoms with E-state index in [0.29, 0.717) is 32.5 Å². The summed E-state index contributed by atoms with van der Waals surface area (Å²) in [6, 6.07) is 7.49. The highest BCUT2D eigenvalue weighted by atomic mass is 16.5. The van der Waals surface area contributed by atoms with Gasteiger partial charge in [-0.1, -0.05) is 19.9 Å². The molecule has 0 aromatic heterocycles. The zero-order chi connectivity index (χ0) is 19.2. The number of benzene rings is 1. The van der Waals surface area contributed by atoms with E-state index in [0.717, 1.165) is 30.9 Å². The molecule has 1 N–H and O–H groups in total. The van der Waals surface area contributed by atoms with Crippen LogP contribution in [0.5, 0.6) is 5.75 Å². The Labute approximate surface area is 161 Å². The molecular formula is C21H30N2O4. The number of anilines is 1. The average Bonchev–Trinajstić information content (AvgIpc) is 3.20. The van der Waals surface area contributed by atoms with Gasteiger partial charge >= 0.3 is 0 Å².